The van der Waals surface area contributed by atoms with Gasteiger partial charge in [-0.15, -0.1) is 11.8 Å². The van der Waals surface area contributed by atoms with Crippen LogP contribution in [0.25, 0.3) is 0 Å². The largest absolute Gasteiger partial charge is 0.435 e. The second-order valence-corrected chi connectivity index (χ2v) is 8.25. The number of hydrogen-bond acceptors (Lipinski definition) is 4. The molecule has 1 unspecified atom stereocenters. The van der Waals surface area contributed by atoms with Crippen LogP contribution in [0, 0.1) is 0 Å². The first-order valence-electron chi connectivity index (χ1n) is 8.23. The number of carbonyl (C=O) groups excluding carboxylic acids is 1. The van der Waals surface area contributed by atoms with Gasteiger partial charge in [-0.1, -0.05) is 30.3 Å². The Hall–Kier alpha value is -1.73. The topological polar surface area (TPSA) is 38.3 Å². The summed E-state index contributed by atoms with van der Waals surface area (Å²) in [6, 6.07) is 14.3. The van der Waals surface area contributed by atoms with E-state index in [0.717, 1.165) is 22.8 Å². The average molecular weight is 395 g/mol. The maximum atomic E-state index is 12.7. The molecule has 1 fully saturated rings. The van der Waals surface area contributed by atoms with Gasteiger partial charge in [-0.2, -0.15) is 20.5 Å². The van der Waals surface area contributed by atoms with Gasteiger partial charge in [0, 0.05) is 34.9 Å². The van der Waals surface area contributed by atoms with Gasteiger partial charge in [-0.25, -0.2) is 0 Å². The highest BCUT2D eigenvalue weighted by molar-refractivity contribution is 8.07. The van der Waals surface area contributed by atoms with Crippen LogP contribution in [0.5, 0.6) is 5.75 Å². The van der Waals surface area contributed by atoms with Gasteiger partial charge in [-0.05, 0) is 23.8 Å². The predicted molar refractivity (Wildman–Crippen MR) is 105 cm³/mol. The first kappa shape index (κ1) is 19.0. The third-order valence-corrected chi connectivity index (χ3v) is 6.64. The molecule has 138 valence electrons. The van der Waals surface area contributed by atoms with E-state index in [2.05, 4.69) is 10.1 Å². The Kier molecular flexibility index (Phi) is 6.80. The Bertz CT molecular complexity index is 738. The molecule has 1 amide bonds. The van der Waals surface area contributed by atoms with Gasteiger partial charge in [0.15, 0.2) is 0 Å². The molecule has 0 bridgehead atoms. The molecule has 0 saturated carbocycles. The van der Waals surface area contributed by atoms with E-state index in [-0.39, 0.29) is 16.9 Å². The number of carbonyl (C=O) groups is 1. The summed E-state index contributed by atoms with van der Waals surface area (Å²) >= 11 is 3.42. The summed E-state index contributed by atoms with van der Waals surface area (Å²) in [5.41, 5.74) is 2.19. The first-order valence-corrected chi connectivity index (χ1v) is 10.4. The van der Waals surface area contributed by atoms with Gasteiger partial charge in [0.2, 0.25) is 5.91 Å². The third kappa shape index (κ3) is 5.38. The van der Waals surface area contributed by atoms with Crippen LogP contribution in [0.4, 0.5) is 14.5 Å². The van der Waals surface area contributed by atoms with E-state index >= 15 is 0 Å². The van der Waals surface area contributed by atoms with Crippen molar-refractivity contribution in [1.82, 2.24) is 0 Å². The van der Waals surface area contributed by atoms with Crippen molar-refractivity contribution in [2.75, 3.05) is 22.6 Å². The number of halogens is 2. The molecule has 1 atom stereocenters. The lowest BCUT2D eigenvalue weighted by Crippen LogP contribution is -2.30. The minimum Gasteiger partial charge on any atom is -0.435 e. The van der Waals surface area contributed by atoms with E-state index in [0.29, 0.717) is 17.7 Å². The molecule has 1 N–H and O–H groups in total. The molecule has 3 rings (SSSR count). The second kappa shape index (κ2) is 9.28. The number of anilines is 1. The van der Waals surface area contributed by atoms with Gasteiger partial charge in [0.1, 0.15) is 5.75 Å². The fourth-order valence-corrected chi connectivity index (χ4v) is 5.24. The summed E-state index contributed by atoms with van der Waals surface area (Å²) < 4.78 is 30.0. The lowest BCUT2D eigenvalue weighted by molar-refractivity contribution is -0.115. The van der Waals surface area contributed by atoms with Gasteiger partial charge in [0.25, 0.3) is 0 Å². The lowest BCUT2D eigenvalue weighted by Gasteiger charge is -2.20. The number of hydrogen-bond donors (Lipinski definition) is 1. The number of alkyl halides is 2. The van der Waals surface area contributed by atoms with Crippen molar-refractivity contribution >= 4 is 35.1 Å². The number of amides is 1. The molecule has 0 aromatic heterocycles. The molecule has 26 heavy (non-hydrogen) atoms. The van der Waals surface area contributed by atoms with Crippen LogP contribution in [-0.2, 0) is 11.2 Å². The fourth-order valence-electron chi connectivity index (χ4n) is 2.68. The van der Waals surface area contributed by atoms with Crippen LogP contribution in [0.3, 0.4) is 0 Å². The van der Waals surface area contributed by atoms with Crippen molar-refractivity contribution < 1.29 is 18.3 Å². The SMILES string of the molecule is O=C(Nc1ccc(OC(F)F)c(Cc2ccccc2)c1)C1CSCCS1. The van der Waals surface area contributed by atoms with E-state index in [1.54, 1.807) is 35.7 Å². The van der Waals surface area contributed by atoms with Crippen LogP contribution in [-0.4, -0.2) is 35.0 Å². The molecule has 0 radical (unpaired) electrons. The maximum absolute atomic E-state index is 12.7. The Labute approximate surface area is 159 Å². The standard InChI is InChI=1S/C19H19F2NO2S2/c20-19(21)24-16-7-6-15(22-18(23)17-12-25-8-9-26-17)11-14(16)10-13-4-2-1-3-5-13/h1-7,11,17,19H,8-10,12H2,(H,22,23). The first-order chi connectivity index (χ1) is 12.6. The van der Waals surface area contributed by atoms with E-state index in [1.165, 1.54) is 6.07 Å². The highest BCUT2D eigenvalue weighted by Gasteiger charge is 2.22. The van der Waals surface area contributed by atoms with E-state index < -0.39 is 6.61 Å². The molecule has 1 aliphatic rings. The summed E-state index contributed by atoms with van der Waals surface area (Å²) in [7, 11) is 0. The molecule has 1 aliphatic heterocycles. The molecule has 7 heteroatoms. The molecule has 3 nitrogen and oxygen atoms in total. The Morgan fingerprint density at radius 1 is 1.19 bits per heavy atom. The zero-order valence-corrected chi connectivity index (χ0v) is 15.6. The summed E-state index contributed by atoms with van der Waals surface area (Å²) in [5, 5.41) is 2.82. The molecule has 1 saturated heterocycles. The molecule has 2 aromatic carbocycles. The summed E-state index contributed by atoms with van der Waals surface area (Å²) in [6.07, 6.45) is 0.445. The average Bonchev–Trinajstić information content (AvgIpc) is 2.65. The Morgan fingerprint density at radius 3 is 2.69 bits per heavy atom. The number of rotatable bonds is 6. The zero-order valence-electron chi connectivity index (χ0n) is 14.0. The van der Waals surface area contributed by atoms with Crippen LogP contribution in [0.2, 0.25) is 0 Å². The second-order valence-electron chi connectivity index (χ2n) is 5.79. The normalized spacial score (nSPS) is 17.1. The van der Waals surface area contributed by atoms with Crippen molar-refractivity contribution in [2.45, 2.75) is 18.3 Å². The highest BCUT2D eigenvalue weighted by atomic mass is 32.2. The van der Waals surface area contributed by atoms with Gasteiger partial charge >= 0.3 is 6.61 Å². The van der Waals surface area contributed by atoms with Gasteiger partial charge < -0.3 is 10.1 Å². The Balaban J connectivity index is 1.78. The number of nitrogens with one attached hydrogen (secondary N) is 1. The van der Waals surface area contributed by atoms with Crippen LogP contribution >= 0.6 is 23.5 Å². The van der Waals surface area contributed by atoms with Crippen molar-refractivity contribution in [3.63, 3.8) is 0 Å². The van der Waals surface area contributed by atoms with Crippen molar-refractivity contribution in [1.29, 1.82) is 0 Å². The Morgan fingerprint density at radius 2 is 2.00 bits per heavy atom. The van der Waals surface area contributed by atoms with Crippen LogP contribution in [0.15, 0.2) is 48.5 Å². The monoisotopic (exact) mass is 395 g/mol. The fraction of sp³-hybridized carbons (Fsp3) is 0.316. The molecule has 0 aliphatic carbocycles. The van der Waals surface area contributed by atoms with Crippen molar-refractivity contribution in [3.05, 3.63) is 59.7 Å². The van der Waals surface area contributed by atoms with E-state index in [9.17, 15) is 13.6 Å². The van der Waals surface area contributed by atoms with Crippen molar-refractivity contribution in [2.24, 2.45) is 0 Å². The number of benzene rings is 2. The summed E-state index contributed by atoms with van der Waals surface area (Å²) in [5.74, 6) is 2.90. The minimum atomic E-state index is -2.89. The maximum Gasteiger partial charge on any atom is 0.387 e. The predicted octanol–water partition coefficient (Wildman–Crippen LogP) is 4.67. The lowest BCUT2D eigenvalue weighted by atomic mass is 10.0. The molecule has 1 heterocycles. The van der Waals surface area contributed by atoms with Gasteiger partial charge in [0.05, 0.1) is 5.25 Å². The third-order valence-electron chi connectivity index (χ3n) is 3.89. The zero-order chi connectivity index (χ0) is 18.4. The van der Waals surface area contributed by atoms with Crippen molar-refractivity contribution in [3.8, 4) is 5.75 Å². The minimum absolute atomic E-state index is 0.0459. The van der Waals surface area contributed by atoms with E-state index in [1.807, 2.05) is 30.3 Å². The quantitative estimate of drug-likeness (QED) is 0.772. The number of thioether (sulfide) groups is 2. The van der Waals surface area contributed by atoms with Crippen LogP contribution in [0.1, 0.15) is 11.1 Å². The highest BCUT2D eigenvalue weighted by Crippen LogP contribution is 2.29. The van der Waals surface area contributed by atoms with Crippen LogP contribution < -0.4 is 10.1 Å². The molecular weight excluding hydrogens is 376 g/mol. The molecule has 2 aromatic rings. The summed E-state index contributed by atoms with van der Waals surface area (Å²) in [4.78, 5) is 12.4. The smallest absolute Gasteiger partial charge is 0.387 e. The number of ether oxygens (including phenoxy) is 1. The summed E-state index contributed by atoms with van der Waals surface area (Å²) in [6.45, 7) is -2.89. The molecular formula is C19H19F2NO2S2. The van der Waals surface area contributed by atoms with E-state index in [4.69, 9.17) is 0 Å². The van der Waals surface area contributed by atoms with Gasteiger partial charge in [-0.3, -0.25) is 4.79 Å². The molecule has 0 spiro atoms.